The summed E-state index contributed by atoms with van der Waals surface area (Å²) in [4.78, 5) is 16.4. The van der Waals surface area contributed by atoms with Crippen LogP contribution in [0.1, 0.15) is 10.4 Å². The van der Waals surface area contributed by atoms with Crippen LogP contribution in [0.5, 0.6) is 0 Å². The van der Waals surface area contributed by atoms with Crippen molar-refractivity contribution in [3.8, 4) is 0 Å². The van der Waals surface area contributed by atoms with Gasteiger partial charge in [-0.25, -0.2) is 4.39 Å². The van der Waals surface area contributed by atoms with Crippen LogP contribution in [0.3, 0.4) is 0 Å². The van der Waals surface area contributed by atoms with E-state index in [-0.39, 0.29) is 10.9 Å². The van der Waals surface area contributed by atoms with Gasteiger partial charge in [0.25, 0.3) is 5.91 Å². The number of benzene rings is 2. The SMILES string of the molecule is O=C(c1ccc(F)cc1Cl)N1CCN(c2ccccc2Cl)CC1. The lowest BCUT2D eigenvalue weighted by Crippen LogP contribution is -2.49. The van der Waals surface area contributed by atoms with Crippen LogP contribution in [0, 0.1) is 5.82 Å². The number of carbonyl (C=O) groups is 1. The summed E-state index contributed by atoms with van der Waals surface area (Å²) in [5, 5.41) is 0.845. The number of para-hydroxylation sites is 1. The number of amides is 1. The maximum absolute atomic E-state index is 13.1. The van der Waals surface area contributed by atoms with Crippen molar-refractivity contribution in [2.75, 3.05) is 31.1 Å². The zero-order valence-electron chi connectivity index (χ0n) is 12.3. The topological polar surface area (TPSA) is 23.6 Å². The van der Waals surface area contributed by atoms with Crippen LogP contribution < -0.4 is 4.90 Å². The Morgan fingerprint density at radius 2 is 1.65 bits per heavy atom. The fraction of sp³-hybridized carbons (Fsp3) is 0.235. The lowest BCUT2D eigenvalue weighted by Gasteiger charge is -2.36. The first-order chi connectivity index (χ1) is 11.1. The standard InChI is InChI=1S/C17H15Cl2FN2O/c18-14-3-1-2-4-16(14)21-7-9-22(10-8-21)17(23)13-6-5-12(20)11-15(13)19/h1-6,11H,7-10H2. The molecule has 0 spiro atoms. The van der Waals surface area contributed by atoms with E-state index >= 15 is 0 Å². The van der Waals surface area contributed by atoms with Crippen molar-refractivity contribution in [1.29, 1.82) is 0 Å². The van der Waals surface area contributed by atoms with Crippen LogP contribution in [0.4, 0.5) is 10.1 Å². The molecule has 120 valence electrons. The van der Waals surface area contributed by atoms with Crippen LogP contribution in [0.2, 0.25) is 10.0 Å². The zero-order chi connectivity index (χ0) is 16.4. The van der Waals surface area contributed by atoms with Crippen molar-refractivity contribution < 1.29 is 9.18 Å². The molecule has 1 saturated heterocycles. The van der Waals surface area contributed by atoms with Gasteiger partial charge in [-0.05, 0) is 30.3 Å². The number of hydrogen-bond donors (Lipinski definition) is 0. The van der Waals surface area contributed by atoms with Crippen molar-refractivity contribution >= 4 is 34.8 Å². The van der Waals surface area contributed by atoms with Gasteiger partial charge in [0.05, 0.1) is 21.3 Å². The van der Waals surface area contributed by atoms with Gasteiger partial charge in [-0.2, -0.15) is 0 Å². The van der Waals surface area contributed by atoms with E-state index in [1.54, 1.807) is 4.90 Å². The number of rotatable bonds is 2. The van der Waals surface area contributed by atoms with Crippen LogP contribution in [0.25, 0.3) is 0 Å². The molecule has 0 atom stereocenters. The molecule has 2 aromatic carbocycles. The normalized spacial score (nSPS) is 14.9. The molecule has 3 nitrogen and oxygen atoms in total. The Hall–Kier alpha value is -1.78. The molecule has 1 aliphatic heterocycles. The van der Waals surface area contributed by atoms with Gasteiger partial charge in [-0.15, -0.1) is 0 Å². The molecule has 0 saturated carbocycles. The number of carbonyl (C=O) groups excluding carboxylic acids is 1. The summed E-state index contributed by atoms with van der Waals surface area (Å²) >= 11 is 12.2. The van der Waals surface area contributed by atoms with E-state index in [1.807, 2.05) is 24.3 Å². The third-order valence-corrected chi connectivity index (χ3v) is 4.55. The van der Waals surface area contributed by atoms with E-state index in [1.165, 1.54) is 12.1 Å². The second-order valence-electron chi connectivity index (χ2n) is 5.35. The molecule has 0 aliphatic carbocycles. The number of hydrogen-bond acceptors (Lipinski definition) is 2. The van der Waals surface area contributed by atoms with Gasteiger partial charge >= 0.3 is 0 Å². The van der Waals surface area contributed by atoms with Gasteiger partial charge < -0.3 is 9.80 Å². The van der Waals surface area contributed by atoms with E-state index in [9.17, 15) is 9.18 Å². The van der Waals surface area contributed by atoms with Crippen molar-refractivity contribution in [3.63, 3.8) is 0 Å². The summed E-state index contributed by atoms with van der Waals surface area (Å²) in [5.41, 5.74) is 1.31. The Morgan fingerprint density at radius 3 is 2.30 bits per heavy atom. The second-order valence-corrected chi connectivity index (χ2v) is 6.17. The van der Waals surface area contributed by atoms with E-state index in [4.69, 9.17) is 23.2 Å². The van der Waals surface area contributed by atoms with Gasteiger partial charge in [0.15, 0.2) is 0 Å². The molecule has 0 unspecified atom stereocenters. The summed E-state index contributed by atoms with van der Waals surface area (Å²) in [6.45, 7) is 2.51. The van der Waals surface area contributed by atoms with Crippen molar-refractivity contribution in [1.82, 2.24) is 4.90 Å². The van der Waals surface area contributed by atoms with Crippen LogP contribution in [-0.4, -0.2) is 37.0 Å². The Morgan fingerprint density at radius 1 is 0.957 bits per heavy atom. The fourth-order valence-electron chi connectivity index (χ4n) is 2.69. The van der Waals surface area contributed by atoms with E-state index in [0.29, 0.717) is 36.8 Å². The minimum atomic E-state index is -0.449. The maximum atomic E-state index is 13.1. The summed E-state index contributed by atoms with van der Waals surface area (Å²) in [6, 6.07) is 11.5. The van der Waals surface area contributed by atoms with Gasteiger partial charge in [0, 0.05) is 26.2 Å². The van der Waals surface area contributed by atoms with Gasteiger partial charge in [-0.3, -0.25) is 4.79 Å². The molecule has 0 aromatic heterocycles. The first-order valence-electron chi connectivity index (χ1n) is 7.30. The summed E-state index contributed by atoms with van der Waals surface area (Å²) < 4.78 is 13.1. The predicted molar refractivity (Wildman–Crippen MR) is 91.0 cm³/mol. The lowest BCUT2D eigenvalue weighted by molar-refractivity contribution is 0.0747. The van der Waals surface area contributed by atoms with Crippen molar-refractivity contribution in [3.05, 3.63) is 63.9 Å². The molecule has 1 amide bonds. The van der Waals surface area contributed by atoms with Crippen molar-refractivity contribution in [2.24, 2.45) is 0 Å². The van der Waals surface area contributed by atoms with Gasteiger partial charge in [0.1, 0.15) is 5.82 Å². The first-order valence-corrected chi connectivity index (χ1v) is 8.05. The number of halogens is 3. The highest BCUT2D eigenvalue weighted by Crippen LogP contribution is 2.27. The van der Waals surface area contributed by atoms with E-state index in [2.05, 4.69) is 4.90 Å². The second kappa shape index (κ2) is 6.77. The molecule has 0 radical (unpaired) electrons. The first kappa shape index (κ1) is 16.1. The van der Waals surface area contributed by atoms with Gasteiger partial charge in [0.2, 0.25) is 0 Å². The van der Waals surface area contributed by atoms with E-state index < -0.39 is 5.82 Å². The molecule has 23 heavy (non-hydrogen) atoms. The molecular weight excluding hydrogens is 338 g/mol. The third-order valence-electron chi connectivity index (χ3n) is 3.92. The highest BCUT2D eigenvalue weighted by molar-refractivity contribution is 6.34. The van der Waals surface area contributed by atoms with Crippen molar-refractivity contribution in [2.45, 2.75) is 0 Å². The van der Waals surface area contributed by atoms with Crippen LogP contribution in [-0.2, 0) is 0 Å². The molecule has 1 fully saturated rings. The lowest BCUT2D eigenvalue weighted by atomic mass is 10.1. The molecule has 3 rings (SSSR count). The molecule has 0 bridgehead atoms. The smallest absolute Gasteiger partial charge is 0.255 e. The third kappa shape index (κ3) is 3.43. The number of anilines is 1. The molecule has 0 N–H and O–H groups in total. The molecule has 6 heteroatoms. The largest absolute Gasteiger partial charge is 0.367 e. The minimum Gasteiger partial charge on any atom is -0.367 e. The van der Waals surface area contributed by atoms with E-state index in [0.717, 1.165) is 11.8 Å². The monoisotopic (exact) mass is 352 g/mol. The summed E-state index contributed by atoms with van der Waals surface area (Å²) in [7, 11) is 0. The van der Waals surface area contributed by atoms with Crippen LogP contribution >= 0.6 is 23.2 Å². The average Bonchev–Trinajstić information content (AvgIpc) is 2.55. The summed E-state index contributed by atoms with van der Waals surface area (Å²) in [5.74, 6) is -0.621. The minimum absolute atomic E-state index is 0.142. The highest BCUT2D eigenvalue weighted by Gasteiger charge is 2.24. The average molecular weight is 353 g/mol. The molecule has 1 heterocycles. The number of nitrogens with zero attached hydrogens (tertiary/aromatic N) is 2. The van der Waals surface area contributed by atoms with Crippen LogP contribution in [0.15, 0.2) is 42.5 Å². The fourth-order valence-corrected chi connectivity index (χ4v) is 3.20. The maximum Gasteiger partial charge on any atom is 0.255 e. The Labute approximate surface area is 144 Å². The Bertz CT molecular complexity index is 730. The molecule has 1 aliphatic rings. The Kier molecular flexibility index (Phi) is 4.74. The quantitative estimate of drug-likeness (QED) is 0.812. The zero-order valence-corrected chi connectivity index (χ0v) is 13.8. The highest BCUT2D eigenvalue weighted by atomic mass is 35.5. The molecule has 2 aromatic rings. The molecular formula is C17H15Cl2FN2O. The summed E-state index contributed by atoms with van der Waals surface area (Å²) in [6.07, 6.45) is 0. The van der Waals surface area contributed by atoms with Gasteiger partial charge in [-0.1, -0.05) is 35.3 Å². The Balaban J connectivity index is 1.69. The predicted octanol–water partition coefficient (Wildman–Crippen LogP) is 4.09. The number of piperazine rings is 1.